The van der Waals surface area contributed by atoms with Gasteiger partial charge >= 0.3 is 0 Å². The van der Waals surface area contributed by atoms with Crippen molar-refractivity contribution < 1.29 is 0 Å². The molecular formula is C13H18N6S. The molecule has 1 fully saturated rings. The van der Waals surface area contributed by atoms with Crippen molar-refractivity contribution in [2.75, 3.05) is 5.32 Å². The summed E-state index contributed by atoms with van der Waals surface area (Å²) >= 11 is 1.59. The molecule has 6 nitrogen and oxygen atoms in total. The van der Waals surface area contributed by atoms with Crippen LogP contribution in [0.25, 0.3) is 0 Å². The molecule has 7 heteroatoms. The topological polar surface area (TPSA) is 89.6 Å². The van der Waals surface area contributed by atoms with Gasteiger partial charge in [0.05, 0.1) is 6.54 Å². The Bertz CT molecular complexity index is 605. The molecule has 106 valence electrons. The van der Waals surface area contributed by atoms with Crippen LogP contribution >= 0.6 is 11.3 Å². The lowest BCUT2D eigenvalue weighted by Crippen LogP contribution is -2.35. The minimum atomic E-state index is 0.330. The molecule has 1 saturated carbocycles. The highest BCUT2D eigenvalue weighted by Gasteiger charge is 2.28. The van der Waals surface area contributed by atoms with Gasteiger partial charge in [-0.2, -0.15) is 0 Å². The number of nitrogens with two attached hydrogens (primary N) is 1. The van der Waals surface area contributed by atoms with Gasteiger partial charge in [-0.05, 0) is 26.7 Å². The molecular weight excluding hydrogens is 272 g/mol. The highest BCUT2D eigenvalue weighted by molar-refractivity contribution is 7.11. The number of hydrogen-bond donors (Lipinski definition) is 2. The molecule has 3 rings (SSSR count). The zero-order valence-electron chi connectivity index (χ0n) is 11.6. The lowest BCUT2D eigenvalue weighted by molar-refractivity contribution is 0.344. The molecule has 0 saturated heterocycles. The molecule has 0 aromatic carbocycles. The van der Waals surface area contributed by atoms with E-state index < -0.39 is 0 Å². The molecule has 0 spiro atoms. The van der Waals surface area contributed by atoms with E-state index in [9.17, 15) is 0 Å². The van der Waals surface area contributed by atoms with E-state index in [0.29, 0.717) is 18.5 Å². The van der Waals surface area contributed by atoms with Crippen molar-refractivity contribution in [3.05, 3.63) is 27.6 Å². The molecule has 2 aromatic heterocycles. The van der Waals surface area contributed by atoms with Crippen molar-refractivity contribution in [2.24, 2.45) is 5.73 Å². The van der Waals surface area contributed by atoms with Crippen LogP contribution in [0.5, 0.6) is 0 Å². The summed E-state index contributed by atoms with van der Waals surface area (Å²) in [5.74, 6) is 2.12. The molecule has 2 heterocycles. The molecule has 0 atom stereocenters. The van der Waals surface area contributed by atoms with Crippen molar-refractivity contribution >= 4 is 17.2 Å². The summed E-state index contributed by atoms with van der Waals surface area (Å²) in [4.78, 5) is 8.94. The maximum atomic E-state index is 5.85. The molecule has 0 aliphatic heterocycles. The smallest absolute Gasteiger partial charge is 0.136 e. The van der Waals surface area contributed by atoms with Crippen LogP contribution in [0.2, 0.25) is 0 Å². The zero-order valence-corrected chi connectivity index (χ0v) is 12.4. The predicted molar refractivity (Wildman–Crippen MR) is 78.7 cm³/mol. The van der Waals surface area contributed by atoms with Crippen LogP contribution in [-0.4, -0.2) is 26.2 Å². The average molecular weight is 290 g/mol. The summed E-state index contributed by atoms with van der Waals surface area (Å²) in [5, 5.41) is 13.3. The number of anilines is 1. The summed E-state index contributed by atoms with van der Waals surface area (Å²) in [6, 6.07) is 2.35. The van der Waals surface area contributed by atoms with Crippen LogP contribution in [0.15, 0.2) is 6.07 Å². The van der Waals surface area contributed by atoms with E-state index in [2.05, 4.69) is 25.5 Å². The van der Waals surface area contributed by atoms with Crippen molar-refractivity contribution in [2.45, 2.75) is 45.2 Å². The van der Waals surface area contributed by atoms with Crippen molar-refractivity contribution in [1.82, 2.24) is 20.2 Å². The van der Waals surface area contributed by atoms with Crippen LogP contribution < -0.4 is 11.1 Å². The van der Waals surface area contributed by atoms with Gasteiger partial charge in [-0.1, -0.05) is 11.3 Å². The summed E-state index contributed by atoms with van der Waals surface area (Å²) in [7, 11) is 0. The summed E-state index contributed by atoms with van der Waals surface area (Å²) in [5.41, 5.74) is 6.94. The van der Waals surface area contributed by atoms with Crippen LogP contribution in [0.3, 0.4) is 0 Å². The van der Waals surface area contributed by atoms with E-state index in [4.69, 9.17) is 5.73 Å². The number of hydrogen-bond acceptors (Lipinski definition) is 7. The minimum Gasteiger partial charge on any atom is -0.363 e. The normalized spacial score (nSPS) is 21.6. The second-order valence-electron chi connectivity index (χ2n) is 5.22. The fourth-order valence-corrected chi connectivity index (χ4v) is 3.02. The van der Waals surface area contributed by atoms with Gasteiger partial charge in [0, 0.05) is 23.7 Å². The molecule has 0 radical (unpaired) electrons. The second-order valence-corrected chi connectivity index (χ2v) is 6.49. The lowest BCUT2D eigenvalue weighted by atomic mass is 9.78. The Morgan fingerprint density at radius 1 is 1.30 bits per heavy atom. The lowest BCUT2D eigenvalue weighted by Gasteiger charge is -2.32. The van der Waals surface area contributed by atoms with Gasteiger partial charge in [0.1, 0.15) is 21.7 Å². The molecule has 20 heavy (non-hydrogen) atoms. The number of aromatic nitrogens is 4. The quantitative estimate of drug-likeness (QED) is 0.892. The monoisotopic (exact) mass is 290 g/mol. The van der Waals surface area contributed by atoms with Crippen molar-refractivity contribution in [3.8, 4) is 0 Å². The van der Waals surface area contributed by atoms with Gasteiger partial charge in [-0.25, -0.2) is 9.97 Å². The molecule has 0 unspecified atom stereocenters. The SMILES string of the molecule is Cc1nc(NCc2nnc(C)s2)cc(C2CC(N)C2)n1. The van der Waals surface area contributed by atoms with E-state index in [-0.39, 0.29) is 0 Å². The van der Waals surface area contributed by atoms with E-state index in [1.165, 1.54) is 0 Å². The largest absolute Gasteiger partial charge is 0.363 e. The van der Waals surface area contributed by atoms with E-state index in [1.807, 2.05) is 19.9 Å². The fraction of sp³-hybridized carbons (Fsp3) is 0.538. The summed E-state index contributed by atoms with van der Waals surface area (Å²) in [6.45, 7) is 4.52. The number of aryl methyl sites for hydroxylation is 2. The maximum Gasteiger partial charge on any atom is 0.136 e. The summed E-state index contributed by atoms with van der Waals surface area (Å²) in [6.07, 6.45) is 2.04. The average Bonchev–Trinajstić information content (AvgIpc) is 2.78. The highest BCUT2D eigenvalue weighted by Crippen LogP contribution is 2.35. The van der Waals surface area contributed by atoms with E-state index in [1.54, 1.807) is 11.3 Å². The molecule has 0 bridgehead atoms. The Kier molecular flexibility index (Phi) is 3.62. The first-order valence-electron chi connectivity index (χ1n) is 6.74. The number of nitrogens with zero attached hydrogens (tertiary/aromatic N) is 4. The second kappa shape index (κ2) is 5.41. The fourth-order valence-electron chi connectivity index (χ4n) is 2.37. The van der Waals surface area contributed by atoms with Crippen molar-refractivity contribution in [3.63, 3.8) is 0 Å². The third kappa shape index (κ3) is 2.94. The Hall–Kier alpha value is -1.60. The molecule has 2 aromatic rings. The van der Waals surface area contributed by atoms with Gasteiger partial charge in [-0.3, -0.25) is 0 Å². The summed E-state index contributed by atoms with van der Waals surface area (Å²) < 4.78 is 0. The van der Waals surface area contributed by atoms with E-state index in [0.717, 1.165) is 40.2 Å². The first-order valence-corrected chi connectivity index (χ1v) is 7.56. The zero-order chi connectivity index (χ0) is 14.1. The molecule has 0 amide bonds. The van der Waals surface area contributed by atoms with Crippen LogP contribution in [0.4, 0.5) is 5.82 Å². The van der Waals surface area contributed by atoms with Crippen LogP contribution in [-0.2, 0) is 6.54 Å². The van der Waals surface area contributed by atoms with Gasteiger partial charge in [0.15, 0.2) is 0 Å². The van der Waals surface area contributed by atoms with Gasteiger partial charge in [-0.15, -0.1) is 10.2 Å². The predicted octanol–water partition coefficient (Wildman–Crippen LogP) is 1.76. The number of nitrogens with one attached hydrogen (secondary N) is 1. The standard InChI is InChI=1S/C13H18N6S/c1-7-16-11(9-3-10(14)4-9)5-12(17-7)15-6-13-19-18-8(2)20-13/h5,9-10H,3-4,6,14H2,1-2H3,(H,15,16,17). The Labute approximate surface area is 121 Å². The first-order chi connectivity index (χ1) is 9.60. The Morgan fingerprint density at radius 3 is 2.75 bits per heavy atom. The first kappa shape index (κ1) is 13.4. The molecule has 3 N–H and O–H groups in total. The van der Waals surface area contributed by atoms with Crippen LogP contribution in [0, 0.1) is 13.8 Å². The van der Waals surface area contributed by atoms with Gasteiger partial charge in [0.2, 0.25) is 0 Å². The van der Waals surface area contributed by atoms with Crippen molar-refractivity contribution in [1.29, 1.82) is 0 Å². The molecule has 1 aliphatic carbocycles. The van der Waals surface area contributed by atoms with Gasteiger partial charge in [0.25, 0.3) is 0 Å². The molecule has 1 aliphatic rings. The Morgan fingerprint density at radius 2 is 2.10 bits per heavy atom. The van der Waals surface area contributed by atoms with E-state index >= 15 is 0 Å². The third-order valence-electron chi connectivity index (χ3n) is 3.44. The minimum absolute atomic E-state index is 0.330. The van der Waals surface area contributed by atoms with Crippen LogP contribution in [0.1, 0.15) is 40.3 Å². The maximum absolute atomic E-state index is 5.85. The highest BCUT2D eigenvalue weighted by atomic mass is 32.1. The number of rotatable bonds is 4. The van der Waals surface area contributed by atoms with Gasteiger partial charge < -0.3 is 11.1 Å². The third-order valence-corrected chi connectivity index (χ3v) is 4.28. The Balaban J connectivity index is 1.69.